The van der Waals surface area contributed by atoms with Crippen LogP contribution in [-0.4, -0.2) is 123 Å². The molecule has 2 atom stereocenters. The van der Waals surface area contributed by atoms with E-state index in [1.54, 1.807) is 24.6 Å². The lowest BCUT2D eigenvalue weighted by Crippen LogP contribution is -2.57. The first kappa shape index (κ1) is 42.3. The molecular formula is C41H50F3N9O5S. The molecular weight excluding hydrogens is 788 g/mol. The van der Waals surface area contributed by atoms with Crippen molar-refractivity contribution >= 4 is 57.6 Å². The van der Waals surface area contributed by atoms with Crippen LogP contribution in [0.25, 0.3) is 10.9 Å². The number of halogens is 3. The standard InChI is InChI=1S/C41H50F3N9O5S/c1-25-23-49(24-26(2)50(25)18-20-58-33-8-6-7-31-35(33)48(5)47-36(31)51-16-15-34(54)46-38(51)56)17-19-57-30-13-11-28(12-14-30)53-39(59)52(37(55)40(53,3)4)29-10-9-27(22-45)32(21-29)41(42,43)44/h6-10,21,25-26,28,30H,11-20,23-24H2,1-5H3,(H,46,54,56)/t25-,26+,28-,30-. The number of carbonyl (C=O) groups excluding carboxylic acids is 3. The highest BCUT2D eigenvalue weighted by atomic mass is 32.1. The molecule has 4 fully saturated rings. The summed E-state index contributed by atoms with van der Waals surface area (Å²) in [6.45, 7) is 12.6. The Hall–Kier alpha value is -4.83. The molecule has 0 unspecified atom stereocenters. The van der Waals surface area contributed by atoms with Gasteiger partial charge < -0.3 is 14.4 Å². The van der Waals surface area contributed by atoms with Crippen LogP contribution in [0.5, 0.6) is 5.75 Å². The summed E-state index contributed by atoms with van der Waals surface area (Å²) >= 11 is 5.76. The second kappa shape index (κ2) is 16.7. The van der Waals surface area contributed by atoms with Crippen LogP contribution in [0.2, 0.25) is 0 Å². The maximum atomic E-state index is 13.8. The van der Waals surface area contributed by atoms with Gasteiger partial charge in [0.05, 0.1) is 35.6 Å². The molecule has 59 heavy (non-hydrogen) atoms. The number of piperazine rings is 1. The number of nitriles is 1. The molecule has 14 nitrogen and oxygen atoms in total. The second-order valence-corrected chi connectivity index (χ2v) is 16.8. The predicted molar refractivity (Wildman–Crippen MR) is 218 cm³/mol. The van der Waals surface area contributed by atoms with Crippen LogP contribution >= 0.6 is 12.2 Å². The Labute approximate surface area is 346 Å². The Bertz CT molecular complexity index is 2150. The maximum Gasteiger partial charge on any atom is 0.417 e. The van der Waals surface area contributed by atoms with Crippen molar-refractivity contribution in [3.05, 3.63) is 47.5 Å². The Morgan fingerprint density at radius 1 is 1.02 bits per heavy atom. The van der Waals surface area contributed by atoms with Gasteiger partial charge in [0.1, 0.15) is 23.4 Å². The number of fused-ring (bicyclic) bond motifs is 1. The minimum atomic E-state index is -4.76. The van der Waals surface area contributed by atoms with Crippen LogP contribution in [0.4, 0.5) is 29.5 Å². The summed E-state index contributed by atoms with van der Waals surface area (Å²) in [6, 6.07) is 10.5. The molecule has 3 aromatic rings. The van der Waals surface area contributed by atoms with Gasteiger partial charge >= 0.3 is 12.2 Å². The molecule has 7 rings (SSSR count). The smallest absolute Gasteiger partial charge is 0.417 e. The molecule has 3 saturated heterocycles. The van der Waals surface area contributed by atoms with Gasteiger partial charge in [0, 0.05) is 69.7 Å². The third-order valence-corrected chi connectivity index (χ3v) is 12.5. The van der Waals surface area contributed by atoms with Crippen LogP contribution in [0.15, 0.2) is 36.4 Å². The fourth-order valence-corrected chi connectivity index (χ4v) is 9.75. The number of rotatable bonds is 11. The number of benzene rings is 2. The van der Waals surface area contributed by atoms with Crippen LogP contribution in [0.3, 0.4) is 0 Å². The van der Waals surface area contributed by atoms with E-state index in [9.17, 15) is 32.8 Å². The molecule has 1 saturated carbocycles. The second-order valence-electron chi connectivity index (χ2n) is 16.4. The van der Waals surface area contributed by atoms with Crippen molar-refractivity contribution in [1.82, 2.24) is 29.8 Å². The quantitative estimate of drug-likeness (QED) is 0.248. The molecule has 0 radical (unpaired) electrons. The summed E-state index contributed by atoms with van der Waals surface area (Å²) in [7, 11) is 1.81. The molecule has 0 spiro atoms. The van der Waals surface area contributed by atoms with Crippen LogP contribution in [0.1, 0.15) is 70.9 Å². The molecule has 316 valence electrons. The van der Waals surface area contributed by atoms with Gasteiger partial charge in [0.15, 0.2) is 10.9 Å². The minimum Gasteiger partial charge on any atom is -0.490 e. The number of aryl methyl sites for hydroxylation is 1. The SMILES string of the molecule is C[C@@H]1CN(CCO[C@H]2CC[C@H](N3C(=S)N(c4ccc(C#N)c(C(F)(F)F)c4)C(=O)C3(C)C)CC2)C[C@H](C)N1CCOc1cccc2c(N3CCC(=O)NC3=O)nn(C)c12. The fraction of sp³-hybridized carbons (Fsp3) is 0.561. The van der Waals surface area contributed by atoms with Gasteiger partial charge in [-0.25, -0.2) is 4.79 Å². The number of para-hydroxylation sites is 1. The Balaban J connectivity index is 0.869. The number of nitrogens with zero attached hydrogens (tertiary/aromatic N) is 8. The summed E-state index contributed by atoms with van der Waals surface area (Å²) in [5.41, 5.74) is -1.89. The van der Waals surface area contributed by atoms with E-state index in [1.165, 1.54) is 15.9 Å². The van der Waals surface area contributed by atoms with Crippen molar-refractivity contribution in [1.29, 1.82) is 5.26 Å². The number of hydrogen-bond donors (Lipinski definition) is 1. The first-order valence-electron chi connectivity index (χ1n) is 20.1. The number of ether oxygens (including phenoxy) is 2. The third kappa shape index (κ3) is 8.34. The number of aromatic nitrogens is 2. The summed E-state index contributed by atoms with van der Waals surface area (Å²) in [6.07, 6.45) is -1.51. The Kier molecular flexibility index (Phi) is 12.0. The number of anilines is 2. The molecule has 4 amide bonds. The van der Waals surface area contributed by atoms with E-state index in [4.69, 9.17) is 21.7 Å². The van der Waals surface area contributed by atoms with Gasteiger partial charge in [0.25, 0.3) is 5.91 Å². The molecule has 1 aromatic heterocycles. The van der Waals surface area contributed by atoms with E-state index in [0.717, 1.165) is 74.9 Å². The summed E-state index contributed by atoms with van der Waals surface area (Å²) in [4.78, 5) is 47.3. The lowest BCUT2D eigenvalue weighted by molar-refractivity contribution is -0.137. The highest BCUT2D eigenvalue weighted by Crippen LogP contribution is 2.41. The zero-order chi connectivity index (χ0) is 42.4. The molecule has 2 aromatic carbocycles. The van der Waals surface area contributed by atoms with Crippen molar-refractivity contribution in [2.24, 2.45) is 7.05 Å². The van der Waals surface area contributed by atoms with E-state index in [1.807, 2.05) is 30.1 Å². The van der Waals surface area contributed by atoms with Crippen LogP contribution in [-0.2, 0) is 27.5 Å². The molecule has 1 aliphatic carbocycles. The average Bonchev–Trinajstić information content (AvgIpc) is 3.60. The van der Waals surface area contributed by atoms with Gasteiger partial charge in [-0.05, 0) is 95.9 Å². The van der Waals surface area contributed by atoms with Crippen molar-refractivity contribution in [3.63, 3.8) is 0 Å². The molecule has 4 aliphatic rings. The lowest BCUT2D eigenvalue weighted by Gasteiger charge is -2.44. The zero-order valence-corrected chi connectivity index (χ0v) is 34.7. The fourth-order valence-electron chi connectivity index (χ4n) is 9.19. The molecule has 18 heteroatoms. The van der Waals surface area contributed by atoms with Crippen molar-refractivity contribution < 1.29 is 37.0 Å². The van der Waals surface area contributed by atoms with Gasteiger partial charge in [0.2, 0.25) is 5.91 Å². The summed E-state index contributed by atoms with van der Waals surface area (Å²) in [5.74, 6) is 0.467. The summed E-state index contributed by atoms with van der Waals surface area (Å²) in [5, 5.41) is 17.1. The minimum absolute atomic E-state index is 0.00236. The first-order valence-corrected chi connectivity index (χ1v) is 20.5. The number of urea groups is 1. The van der Waals surface area contributed by atoms with E-state index >= 15 is 0 Å². The highest BCUT2D eigenvalue weighted by molar-refractivity contribution is 7.80. The van der Waals surface area contributed by atoms with Gasteiger partial charge in [-0.2, -0.15) is 23.5 Å². The monoisotopic (exact) mass is 837 g/mol. The number of amides is 4. The van der Waals surface area contributed by atoms with Crippen molar-refractivity contribution in [3.8, 4) is 11.8 Å². The normalized spacial score (nSPS) is 24.6. The number of nitrogens with one attached hydrogen (secondary N) is 1. The molecule has 1 N–H and O–H groups in total. The number of carbonyl (C=O) groups is 3. The number of alkyl halides is 3. The summed E-state index contributed by atoms with van der Waals surface area (Å²) < 4.78 is 55.7. The zero-order valence-electron chi connectivity index (χ0n) is 33.9. The molecule has 4 heterocycles. The third-order valence-electron chi connectivity index (χ3n) is 12.1. The van der Waals surface area contributed by atoms with Crippen molar-refractivity contribution in [2.45, 2.75) is 95.7 Å². The highest BCUT2D eigenvalue weighted by Gasteiger charge is 2.52. The predicted octanol–water partition coefficient (Wildman–Crippen LogP) is 5.42. The van der Waals surface area contributed by atoms with Crippen LogP contribution in [0, 0.1) is 11.3 Å². The van der Waals surface area contributed by atoms with E-state index in [-0.39, 0.29) is 53.9 Å². The largest absolute Gasteiger partial charge is 0.490 e. The number of imide groups is 1. The topological polar surface area (TPSA) is 140 Å². The average molecular weight is 838 g/mol. The van der Waals surface area contributed by atoms with Gasteiger partial charge in [-0.15, -0.1) is 0 Å². The number of thiocarbonyl (C=S) groups is 1. The molecule has 3 aliphatic heterocycles. The van der Waals surface area contributed by atoms with Gasteiger partial charge in [-0.1, -0.05) is 6.07 Å². The maximum absolute atomic E-state index is 13.8. The van der Waals surface area contributed by atoms with E-state index in [0.29, 0.717) is 24.8 Å². The Morgan fingerprint density at radius 3 is 2.39 bits per heavy atom. The Morgan fingerprint density at radius 2 is 1.73 bits per heavy atom. The van der Waals surface area contributed by atoms with Crippen molar-refractivity contribution in [2.75, 3.05) is 55.7 Å². The van der Waals surface area contributed by atoms with E-state index < -0.39 is 34.8 Å². The van der Waals surface area contributed by atoms with Crippen LogP contribution < -0.4 is 19.9 Å². The first-order chi connectivity index (χ1) is 28.0. The van der Waals surface area contributed by atoms with Gasteiger partial charge in [-0.3, -0.25) is 39.2 Å². The molecule has 0 bridgehead atoms. The van der Waals surface area contributed by atoms with E-state index in [2.05, 4.69) is 34.1 Å². The number of hydrogen-bond acceptors (Lipinski definition) is 10. The lowest BCUT2D eigenvalue weighted by atomic mass is 9.89.